The van der Waals surface area contributed by atoms with Crippen molar-refractivity contribution >= 4 is 17.5 Å². The minimum absolute atomic E-state index is 0.163. The number of carbonyl (C=O) groups excluding carboxylic acids is 1. The highest BCUT2D eigenvalue weighted by Gasteiger charge is 2.19. The van der Waals surface area contributed by atoms with Crippen molar-refractivity contribution in [1.82, 2.24) is 15.2 Å². The van der Waals surface area contributed by atoms with Crippen LogP contribution in [0.4, 0.5) is 11.6 Å². The smallest absolute Gasteiger partial charge is 0.395 e. The highest BCUT2D eigenvalue weighted by molar-refractivity contribution is 6.04. The molecule has 1 amide bonds. The molecule has 9 heteroatoms. The van der Waals surface area contributed by atoms with Crippen molar-refractivity contribution in [1.29, 1.82) is 0 Å². The normalized spacial score (nSPS) is 10.6. The molecule has 0 saturated carbocycles. The minimum Gasteiger partial charge on any atom is -0.395 e. The number of benzene rings is 2. The van der Waals surface area contributed by atoms with Gasteiger partial charge < -0.3 is 9.73 Å². The number of carbonyl (C=O) groups is 1. The fourth-order valence-electron chi connectivity index (χ4n) is 2.63. The number of H-pyrrole nitrogens is 1. The molecular formula is C19H13N5O4. The van der Waals surface area contributed by atoms with Crippen LogP contribution in [0.15, 0.2) is 71.1 Å². The van der Waals surface area contributed by atoms with Gasteiger partial charge in [0, 0.05) is 11.1 Å². The summed E-state index contributed by atoms with van der Waals surface area (Å²) >= 11 is 0. The summed E-state index contributed by atoms with van der Waals surface area (Å²) in [5, 5.41) is 20.5. The van der Waals surface area contributed by atoms with Gasteiger partial charge in [0.15, 0.2) is 17.4 Å². The van der Waals surface area contributed by atoms with Crippen LogP contribution < -0.4 is 5.32 Å². The molecule has 0 aliphatic carbocycles. The van der Waals surface area contributed by atoms with E-state index in [1.807, 2.05) is 30.3 Å². The molecule has 0 atom stereocenters. The topological polar surface area (TPSA) is 127 Å². The van der Waals surface area contributed by atoms with Crippen molar-refractivity contribution in [2.75, 3.05) is 5.32 Å². The van der Waals surface area contributed by atoms with Gasteiger partial charge in [0.1, 0.15) is 4.92 Å². The van der Waals surface area contributed by atoms with Crippen LogP contribution in [0.1, 0.15) is 10.6 Å². The predicted molar refractivity (Wildman–Crippen MR) is 101 cm³/mol. The molecule has 0 aliphatic rings. The Balaban J connectivity index is 1.61. The Bertz CT molecular complexity index is 1150. The lowest BCUT2D eigenvalue weighted by molar-refractivity contribution is -0.402. The third-order valence-corrected chi connectivity index (χ3v) is 3.94. The third-order valence-electron chi connectivity index (χ3n) is 3.94. The summed E-state index contributed by atoms with van der Waals surface area (Å²) in [4.78, 5) is 26.9. The first-order valence-corrected chi connectivity index (χ1v) is 8.24. The van der Waals surface area contributed by atoms with E-state index in [0.717, 1.165) is 11.6 Å². The number of aromatic amines is 1. The molecule has 2 heterocycles. The molecule has 0 saturated heterocycles. The van der Waals surface area contributed by atoms with E-state index in [9.17, 15) is 14.9 Å². The largest absolute Gasteiger partial charge is 0.433 e. The van der Waals surface area contributed by atoms with Gasteiger partial charge in [0.2, 0.25) is 0 Å². The van der Waals surface area contributed by atoms with Gasteiger partial charge in [-0.1, -0.05) is 42.5 Å². The van der Waals surface area contributed by atoms with E-state index in [2.05, 4.69) is 20.5 Å². The highest BCUT2D eigenvalue weighted by Crippen LogP contribution is 2.27. The van der Waals surface area contributed by atoms with Crippen molar-refractivity contribution < 1.29 is 14.1 Å². The van der Waals surface area contributed by atoms with Gasteiger partial charge in [-0.05, 0) is 18.2 Å². The number of furan rings is 1. The van der Waals surface area contributed by atoms with Gasteiger partial charge in [0.05, 0.1) is 11.8 Å². The Kier molecular flexibility index (Phi) is 4.38. The molecule has 2 aromatic carbocycles. The zero-order chi connectivity index (χ0) is 19.5. The van der Waals surface area contributed by atoms with E-state index in [0.29, 0.717) is 22.9 Å². The summed E-state index contributed by atoms with van der Waals surface area (Å²) in [7, 11) is 0. The van der Waals surface area contributed by atoms with Crippen molar-refractivity contribution in [3.05, 3.63) is 82.6 Å². The third kappa shape index (κ3) is 3.36. The average Bonchev–Trinajstić information content (AvgIpc) is 3.39. The lowest BCUT2D eigenvalue weighted by Gasteiger charge is -2.07. The van der Waals surface area contributed by atoms with Crippen LogP contribution in [0.25, 0.3) is 22.8 Å². The summed E-state index contributed by atoms with van der Waals surface area (Å²) in [5.41, 5.74) is 1.93. The van der Waals surface area contributed by atoms with Crippen LogP contribution in [0, 0.1) is 10.1 Å². The molecule has 4 aromatic rings. The van der Waals surface area contributed by atoms with Crippen molar-refractivity contribution in [3.8, 4) is 22.8 Å². The highest BCUT2D eigenvalue weighted by atomic mass is 16.6. The fourth-order valence-corrected chi connectivity index (χ4v) is 2.63. The molecule has 9 nitrogen and oxygen atoms in total. The van der Waals surface area contributed by atoms with E-state index >= 15 is 0 Å². The molecular weight excluding hydrogens is 362 g/mol. The van der Waals surface area contributed by atoms with Crippen molar-refractivity contribution in [2.24, 2.45) is 0 Å². The van der Waals surface area contributed by atoms with Gasteiger partial charge >= 0.3 is 5.88 Å². The number of aromatic nitrogens is 3. The first-order valence-electron chi connectivity index (χ1n) is 8.24. The minimum atomic E-state index is -0.704. The van der Waals surface area contributed by atoms with Crippen molar-refractivity contribution in [3.63, 3.8) is 0 Å². The number of nitrogens with one attached hydrogen (secondary N) is 2. The van der Waals surface area contributed by atoms with Crippen LogP contribution in [-0.4, -0.2) is 26.0 Å². The van der Waals surface area contributed by atoms with E-state index in [1.54, 1.807) is 24.3 Å². The Hall–Kier alpha value is -4.27. The molecule has 0 radical (unpaired) electrons. The first kappa shape index (κ1) is 17.2. The Morgan fingerprint density at radius 1 is 1.04 bits per heavy atom. The number of para-hydroxylation sites is 1. The monoisotopic (exact) mass is 375 g/mol. The molecule has 0 bridgehead atoms. The lowest BCUT2D eigenvalue weighted by atomic mass is 10.1. The van der Waals surface area contributed by atoms with Gasteiger partial charge in [-0.2, -0.15) is 5.10 Å². The van der Waals surface area contributed by atoms with E-state index in [4.69, 9.17) is 4.42 Å². The number of nitrogens with zero attached hydrogens (tertiary/aromatic N) is 3. The zero-order valence-electron chi connectivity index (χ0n) is 14.3. The molecule has 2 N–H and O–H groups in total. The Morgan fingerprint density at radius 3 is 2.54 bits per heavy atom. The number of rotatable bonds is 5. The maximum Gasteiger partial charge on any atom is 0.433 e. The Morgan fingerprint density at radius 2 is 1.79 bits per heavy atom. The van der Waals surface area contributed by atoms with Crippen LogP contribution >= 0.6 is 0 Å². The summed E-state index contributed by atoms with van der Waals surface area (Å²) in [6.07, 6.45) is 0. The molecule has 4 rings (SSSR count). The quantitative estimate of drug-likeness (QED) is 0.402. The second-order valence-corrected chi connectivity index (χ2v) is 5.77. The fraction of sp³-hybridized carbons (Fsp3) is 0. The molecule has 0 fully saturated rings. The Labute approximate surface area is 158 Å². The average molecular weight is 375 g/mol. The summed E-state index contributed by atoms with van der Waals surface area (Å²) in [5.74, 6) is -0.271. The van der Waals surface area contributed by atoms with Gasteiger partial charge in [-0.3, -0.25) is 20.0 Å². The summed E-state index contributed by atoms with van der Waals surface area (Å²) in [6.45, 7) is 0. The number of hydrogen-bond donors (Lipinski definition) is 2. The molecule has 0 aliphatic heterocycles. The molecule has 138 valence electrons. The standard InChI is InChI=1S/C19H13N5O4/c25-19(15-10-11-16(28-15)24(26)27)20-14-9-5-4-8-13(14)18-21-17(22-23-18)12-6-2-1-3-7-12/h1-11H,(H,20,25)(H,21,22,23). The zero-order valence-corrected chi connectivity index (χ0v) is 14.3. The summed E-state index contributed by atoms with van der Waals surface area (Å²) < 4.78 is 4.94. The number of anilines is 1. The van der Waals surface area contributed by atoms with Crippen LogP contribution in [0.2, 0.25) is 0 Å². The molecule has 0 unspecified atom stereocenters. The second kappa shape index (κ2) is 7.16. The van der Waals surface area contributed by atoms with Crippen LogP contribution in [-0.2, 0) is 0 Å². The summed E-state index contributed by atoms with van der Waals surface area (Å²) in [6, 6.07) is 18.9. The first-order chi connectivity index (χ1) is 13.6. The number of amides is 1. The predicted octanol–water partition coefficient (Wildman–Crippen LogP) is 3.89. The van der Waals surface area contributed by atoms with E-state index in [-0.39, 0.29) is 5.76 Å². The molecule has 28 heavy (non-hydrogen) atoms. The number of nitro groups is 1. The SMILES string of the molecule is O=C(Nc1ccccc1-c1nc(-c2ccccc2)n[nH]1)c1ccc([N+](=O)[O-])o1. The van der Waals surface area contributed by atoms with Crippen molar-refractivity contribution in [2.45, 2.75) is 0 Å². The van der Waals surface area contributed by atoms with Crippen LogP contribution in [0.5, 0.6) is 0 Å². The van der Waals surface area contributed by atoms with Crippen LogP contribution in [0.3, 0.4) is 0 Å². The van der Waals surface area contributed by atoms with Gasteiger partial charge in [-0.15, -0.1) is 0 Å². The maximum absolute atomic E-state index is 12.4. The molecule has 0 spiro atoms. The van der Waals surface area contributed by atoms with E-state index in [1.165, 1.54) is 6.07 Å². The van der Waals surface area contributed by atoms with Gasteiger partial charge in [0.25, 0.3) is 5.91 Å². The van der Waals surface area contributed by atoms with E-state index < -0.39 is 16.7 Å². The second-order valence-electron chi connectivity index (χ2n) is 5.77. The maximum atomic E-state index is 12.4. The molecule has 2 aromatic heterocycles. The number of hydrogen-bond acceptors (Lipinski definition) is 6. The lowest BCUT2D eigenvalue weighted by Crippen LogP contribution is -2.11. The van der Waals surface area contributed by atoms with Gasteiger partial charge in [-0.25, -0.2) is 4.98 Å².